The van der Waals surface area contributed by atoms with Gasteiger partial charge in [-0.25, -0.2) is 0 Å². The Labute approximate surface area is 133 Å². The highest BCUT2D eigenvalue weighted by atomic mass is 79.9. The van der Waals surface area contributed by atoms with Crippen LogP contribution in [0.15, 0.2) is 59.1 Å². The molecule has 1 saturated carbocycles. The lowest BCUT2D eigenvalue weighted by atomic mass is 9.70. The number of ether oxygens (including phenoxy) is 1. The number of rotatable bonds is 4. The lowest BCUT2D eigenvalue weighted by Gasteiger charge is -2.35. The molecule has 1 unspecified atom stereocenters. The van der Waals surface area contributed by atoms with Crippen LogP contribution in [0.4, 0.5) is 0 Å². The first-order valence-corrected chi connectivity index (χ1v) is 7.99. The first kappa shape index (κ1) is 14.3. The predicted octanol–water partition coefficient (Wildman–Crippen LogP) is 4.69. The molecule has 0 saturated heterocycles. The molecular weight excluding hydrogens is 328 g/mol. The van der Waals surface area contributed by atoms with Crippen LogP contribution in [-0.2, 0) is 16.1 Å². The molecule has 0 aromatic heterocycles. The second-order valence-electron chi connectivity index (χ2n) is 5.44. The minimum absolute atomic E-state index is 0.0165. The number of halogens is 1. The van der Waals surface area contributed by atoms with Crippen molar-refractivity contribution in [2.24, 2.45) is 5.92 Å². The van der Waals surface area contributed by atoms with Crippen molar-refractivity contribution in [3.05, 3.63) is 70.2 Å². The van der Waals surface area contributed by atoms with Gasteiger partial charge in [0.05, 0.1) is 5.92 Å². The summed E-state index contributed by atoms with van der Waals surface area (Å²) in [5, 5.41) is 0. The van der Waals surface area contributed by atoms with Gasteiger partial charge in [0.15, 0.2) is 0 Å². The third kappa shape index (κ3) is 3.35. The third-order valence-corrected chi connectivity index (χ3v) is 4.63. The lowest BCUT2D eigenvalue weighted by Crippen LogP contribution is -2.32. The topological polar surface area (TPSA) is 26.3 Å². The van der Waals surface area contributed by atoms with Gasteiger partial charge in [0, 0.05) is 4.47 Å². The maximum absolute atomic E-state index is 12.2. The highest BCUT2D eigenvalue weighted by Crippen LogP contribution is 2.43. The summed E-state index contributed by atoms with van der Waals surface area (Å²) in [6.07, 6.45) is 2.00. The second-order valence-corrected chi connectivity index (χ2v) is 6.35. The first-order valence-electron chi connectivity index (χ1n) is 7.20. The van der Waals surface area contributed by atoms with Crippen molar-refractivity contribution in [3.8, 4) is 0 Å². The van der Waals surface area contributed by atoms with Gasteiger partial charge in [-0.3, -0.25) is 4.79 Å². The zero-order chi connectivity index (χ0) is 14.7. The Balaban J connectivity index is 1.57. The summed E-state index contributed by atoms with van der Waals surface area (Å²) in [5.74, 6) is 0.268. The molecule has 2 atom stereocenters. The van der Waals surface area contributed by atoms with E-state index in [4.69, 9.17) is 4.74 Å². The van der Waals surface area contributed by atoms with Crippen LogP contribution in [0, 0.1) is 5.92 Å². The minimum atomic E-state index is -0.0713. The average molecular weight is 345 g/mol. The molecule has 0 amide bonds. The second kappa shape index (κ2) is 6.44. The Hall–Kier alpha value is -1.61. The van der Waals surface area contributed by atoms with Crippen molar-refractivity contribution in [2.75, 3.05) is 0 Å². The molecule has 1 aliphatic rings. The van der Waals surface area contributed by atoms with Gasteiger partial charge >= 0.3 is 5.97 Å². The monoisotopic (exact) mass is 344 g/mol. The standard InChI is InChI=1S/C18H17BrO2/c19-15-8-6-13(7-9-15)12-21-18(20)17-11-10-16(17)14-4-2-1-3-5-14/h1-9,16-17H,10-12H2/t16-,17?/m1/s1. The molecule has 3 heteroatoms. The SMILES string of the molecule is O=C(OCc1ccc(Br)cc1)C1CC[C@@H]1c1ccccc1. The quantitative estimate of drug-likeness (QED) is 0.752. The number of hydrogen-bond acceptors (Lipinski definition) is 2. The van der Waals surface area contributed by atoms with Gasteiger partial charge in [0.1, 0.15) is 6.61 Å². The average Bonchev–Trinajstić information content (AvgIpc) is 2.47. The van der Waals surface area contributed by atoms with Crippen LogP contribution in [-0.4, -0.2) is 5.97 Å². The fourth-order valence-electron chi connectivity index (χ4n) is 2.72. The third-order valence-electron chi connectivity index (χ3n) is 4.10. The molecule has 1 fully saturated rings. The van der Waals surface area contributed by atoms with Crippen LogP contribution in [0.2, 0.25) is 0 Å². The summed E-state index contributed by atoms with van der Waals surface area (Å²) in [7, 11) is 0. The van der Waals surface area contributed by atoms with Gasteiger partial charge in [-0.15, -0.1) is 0 Å². The molecule has 3 rings (SSSR count). The van der Waals surface area contributed by atoms with Crippen molar-refractivity contribution in [2.45, 2.75) is 25.4 Å². The Morgan fingerprint density at radius 3 is 2.38 bits per heavy atom. The number of benzene rings is 2. The van der Waals surface area contributed by atoms with Gasteiger partial charge in [-0.05, 0) is 42.0 Å². The molecular formula is C18H17BrO2. The fourth-order valence-corrected chi connectivity index (χ4v) is 2.99. The van der Waals surface area contributed by atoms with Gasteiger partial charge < -0.3 is 4.74 Å². The number of carbonyl (C=O) groups is 1. The normalized spacial score (nSPS) is 20.6. The molecule has 2 aromatic rings. The van der Waals surface area contributed by atoms with Crippen LogP contribution in [0.3, 0.4) is 0 Å². The summed E-state index contributed by atoms with van der Waals surface area (Å²) in [6, 6.07) is 18.1. The molecule has 0 radical (unpaired) electrons. The van der Waals surface area contributed by atoms with E-state index in [0.29, 0.717) is 12.5 Å². The van der Waals surface area contributed by atoms with E-state index in [1.165, 1.54) is 5.56 Å². The van der Waals surface area contributed by atoms with Gasteiger partial charge in [0.2, 0.25) is 0 Å². The molecule has 108 valence electrons. The Morgan fingerprint density at radius 1 is 1.05 bits per heavy atom. The van der Waals surface area contributed by atoms with E-state index in [1.54, 1.807) is 0 Å². The molecule has 2 nitrogen and oxygen atoms in total. The summed E-state index contributed by atoms with van der Waals surface area (Å²) in [6.45, 7) is 0.351. The zero-order valence-electron chi connectivity index (χ0n) is 11.7. The van der Waals surface area contributed by atoms with E-state index >= 15 is 0 Å². The highest BCUT2D eigenvalue weighted by Gasteiger charge is 2.38. The van der Waals surface area contributed by atoms with Crippen molar-refractivity contribution in [1.82, 2.24) is 0 Å². The predicted molar refractivity (Wildman–Crippen MR) is 85.8 cm³/mol. The fraction of sp³-hybridized carbons (Fsp3) is 0.278. The molecule has 0 bridgehead atoms. The Morgan fingerprint density at radius 2 is 1.76 bits per heavy atom. The number of hydrogen-bond donors (Lipinski definition) is 0. The van der Waals surface area contributed by atoms with E-state index in [1.807, 2.05) is 42.5 Å². The van der Waals surface area contributed by atoms with E-state index in [2.05, 4.69) is 28.1 Å². The van der Waals surface area contributed by atoms with Crippen LogP contribution >= 0.6 is 15.9 Å². The van der Waals surface area contributed by atoms with E-state index < -0.39 is 0 Å². The summed E-state index contributed by atoms with van der Waals surface area (Å²) in [4.78, 5) is 12.2. The Bertz CT molecular complexity index is 607. The van der Waals surface area contributed by atoms with Gasteiger partial charge in [0.25, 0.3) is 0 Å². The van der Waals surface area contributed by atoms with Crippen molar-refractivity contribution < 1.29 is 9.53 Å². The van der Waals surface area contributed by atoms with Crippen LogP contribution in [0.25, 0.3) is 0 Å². The van der Waals surface area contributed by atoms with E-state index in [9.17, 15) is 4.79 Å². The molecule has 2 aromatic carbocycles. The molecule has 0 spiro atoms. The Kier molecular flexibility index (Phi) is 4.39. The first-order chi connectivity index (χ1) is 10.2. The zero-order valence-corrected chi connectivity index (χ0v) is 13.3. The number of esters is 1. The van der Waals surface area contributed by atoms with Crippen LogP contribution in [0.1, 0.15) is 29.9 Å². The lowest BCUT2D eigenvalue weighted by molar-refractivity contribution is -0.154. The summed E-state index contributed by atoms with van der Waals surface area (Å²) in [5.41, 5.74) is 2.26. The molecule has 21 heavy (non-hydrogen) atoms. The van der Waals surface area contributed by atoms with Gasteiger partial charge in [-0.1, -0.05) is 58.4 Å². The summed E-state index contributed by atoms with van der Waals surface area (Å²) < 4.78 is 6.50. The van der Waals surface area contributed by atoms with E-state index in [0.717, 1.165) is 22.9 Å². The summed E-state index contributed by atoms with van der Waals surface area (Å²) >= 11 is 3.40. The number of carbonyl (C=O) groups excluding carboxylic acids is 1. The van der Waals surface area contributed by atoms with Crippen LogP contribution in [0.5, 0.6) is 0 Å². The molecule has 0 heterocycles. The van der Waals surface area contributed by atoms with Crippen molar-refractivity contribution >= 4 is 21.9 Å². The highest BCUT2D eigenvalue weighted by molar-refractivity contribution is 9.10. The minimum Gasteiger partial charge on any atom is -0.461 e. The van der Waals surface area contributed by atoms with Crippen molar-refractivity contribution in [1.29, 1.82) is 0 Å². The maximum atomic E-state index is 12.2. The largest absolute Gasteiger partial charge is 0.461 e. The maximum Gasteiger partial charge on any atom is 0.309 e. The van der Waals surface area contributed by atoms with Crippen LogP contribution < -0.4 is 0 Å². The van der Waals surface area contributed by atoms with Crippen molar-refractivity contribution in [3.63, 3.8) is 0 Å². The molecule has 0 aliphatic heterocycles. The van der Waals surface area contributed by atoms with E-state index in [-0.39, 0.29) is 11.9 Å². The van der Waals surface area contributed by atoms with Gasteiger partial charge in [-0.2, -0.15) is 0 Å². The molecule has 0 N–H and O–H groups in total. The molecule has 1 aliphatic carbocycles. The smallest absolute Gasteiger partial charge is 0.309 e.